The van der Waals surface area contributed by atoms with Gasteiger partial charge >= 0.3 is 0 Å². The Hall–Kier alpha value is -1.04. The number of ether oxygens (including phenoxy) is 1. The van der Waals surface area contributed by atoms with E-state index in [9.17, 15) is 9.50 Å². The molecule has 2 atom stereocenters. The molecule has 5 heteroatoms. The van der Waals surface area contributed by atoms with Gasteiger partial charge in [-0.3, -0.25) is 4.98 Å². The first kappa shape index (κ1) is 16.3. The van der Waals surface area contributed by atoms with E-state index in [0.29, 0.717) is 12.5 Å². The normalized spacial score (nSPS) is 23.7. The van der Waals surface area contributed by atoms with Crippen LogP contribution in [0.2, 0.25) is 0 Å². The zero-order chi connectivity index (χ0) is 15.3. The van der Waals surface area contributed by atoms with Gasteiger partial charge in [0.05, 0.1) is 24.5 Å². The van der Waals surface area contributed by atoms with E-state index in [1.165, 1.54) is 12.3 Å². The van der Waals surface area contributed by atoms with E-state index in [4.69, 9.17) is 4.74 Å². The van der Waals surface area contributed by atoms with Crippen LogP contribution in [-0.4, -0.2) is 36.5 Å². The number of pyridine rings is 1. The molecule has 0 saturated carbocycles. The van der Waals surface area contributed by atoms with Gasteiger partial charge in [0.2, 0.25) is 0 Å². The summed E-state index contributed by atoms with van der Waals surface area (Å²) in [4.78, 5) is 4.20. The molecule has 1 aliphatic rings. The Kier molecular flexibility index (Phi) is 5.67. The van der Waals surface area contributed by atoms with Crippen LogP contribution < -0.4 is 5.32 Å². The summed E-state index contributed by atoms with van der Waals surface area (Å²) in [5.74, 6) is 0.0265. The van der Waals surface area contributed by atoms with Crippen LogP contribution in [0.25, 0.3) is 0 Å². The first-order valence-corrected chi connectivity index (χ1v) is 7.60. The Balaban J connectivity index is 2.04. The van der Waals surface area contributed by atoms with E-state index in [2.05, 4.69) is 24.1 Å². The minimum Gasteiger partial charge on any atom is -0.396 e. The zero-order valence-corrected chi connectivity index (χ0v) is 12.8. The maximum Gasteiger partial charge on any atom is 0.141 e. The zero-order valence-electron chi connectivity index (χ0n) is 12.8. The molecule has 1 saturated heterocycles. The van der Waals surface area contributed by atoms with Gasteiger partial charge in [-0.2, -0.15) is 0 Å². The number of nitrogens with one attached hydrogen (secondary N) is 1. The first-order chi connectivity index (χ1) is 10.1. The molecular formula is C16H25FN2O2. The van der Waals surface area contributed by atoms with Crippen LogP contribution in [0.4, 0.5) is 4.39 Å². The van der Waals surface area contributed by atoms with Crippen LogP contribution in [0.15, 0.2) is 18.3 Å². The summed E-state index contributed by atoms with van der Waals surface area (Å²) in [5, 5.41) is 12.8. The number of aliphatic hydroxyl groups excluding tert-OH is 1. The van der Waals surface area contributed by atoms with Crippen molar-refractivity contribution in [2.75, 3.05) is 26.4 Å². The standard InChI is InChI=1S/C16H25FN2O2/c1-12(2)15(14-4-3-13(17)9-18-14)19-10-16(5-7-20)6-8-21-11-16/h3-4,9,12,15,19-20H,5-8,10-11H2,1-2H3. The largest absolute Gasteiger partial charge is 0.396 e. The van der Waals surface area contributed by atoms with E-state index >= 15 is 0 Å². The third-order valence-corrected chi connectivity index (χ3v) is 4.26. The number of nitrogens with zero attached hydrogens (tertiary/aromatic N) is 1. The van der Waals surface area contributed by atoms with Gasteiger partial charge in [0, 0.05) is 25.2 Å². The monoisotopic (exact) mass is 296 g/mol. The molecule has 1 fully saturated rings. The van der Waals surface area contributed by atoms with E-state index in [1.54, 1.807) is 6.07 Å². The molecule has 0 amide bonds. The summed E-state index contributed by atoms with van der Waals surface area (Å²) in [6.07, 6.45) is 2.96. The molecule has 118 valence electrons. The van der Waals surface area contributed by atoms with Crippen molar-refractivity contribution < 1.29 is 14.2 Å². The Labute approximate surface area is 125 Å². The van der Waals surface area contributed by atoms with Crippen molar-refractivity contribution in [3.8, 4) is 0 Å². The van der Waals surface area contributed by atoms with Crippen molar-refractivity contribution >= 4 is 0 Å². The molecule has 2 heterocycles. The number of aliphatic hydroxyl groups is 1. The van der Waals surface area contributed by atoms with Crippen molar-refractivity contribution in [3.63, 3.8) is 0 Å². The lowest BCUT2D eigenvalue weighted by Crippen LogP contribution is -2.39. The van der Waals surface area contributed by atoms with Gasteiger partial charge in [0.15, 0.2) is 0 Å². The van der Waals surface area contributed by atoms with Crippen LogP contribution in [0.3, 0.4) is 0 Å². The minimum atomic E-state index is -0.317. The first-order valence-electron chi connectivity index (χ1n) is 7.60. The molecule has 0 spiro atoms. The fourth-order valence-electron chi connectivity index (χ4n) is 2.89. The second kappa shape index (κ2) is 7.29. The predicted octanol–water partition coefficient (Wildman–Crippen LogP) is 2.30. The second-order valence-electron chi connectivity index (χ2n) is 6.28. The molecule has 0 aliphatic carbocycles. The van der Waals surface area contributed by atoms with Crippen LogP contribution in [0.5, 0.6) is 0 Å². The van der Waals surface area contributed by atoms with Crippen LogP contribution >= 0.6 is 0 Å². The van der Waals surface area contributed by atoms with E-state index in [0.717, 1.165) is 31.7 Å². The number of aromatic nitrogens is 1. The van der Waals surface area contributed by atoms with Gasteiger partial charge in [0.1, 0.15) is 5.82 Å². The number of hydrogen-bond acceptors (Lipinski definition) is 4. The fourth-order valence-corrected chi connectivity index (χ4v) is 2.89. The topological polar surface area (TPSA) is 54.4 Å². The average Bonchev–Trinajstić information content (AvgIpc) is 2.90. The molecule has 0 aromatic carbocycles. The Bertz CT molecular complexity index is 430. The SMILES string of the molecule is CC(C)C(NCC1(CCO)CCOC1)c1ccc(F)cn1. The Morgan fingerprint density at radius 3 is 2.81 bits per heavy atom. The molecule has 1 aromatic rings. The highest BCUT2D eigenvalue weighted by molar-refractivity contribution is 5.11. The van der Waals surface area contributed by atoms with Gasteiger partial charge in [0.25, 0.3) is 0 Å². The second-order valence-corrected chi connectivity index (χ2v) is 6.28. The summed E-state index contributed by atoms with van der Waals surface area (Å²) < 4.78 is 18.5. The van der Waals surface area contributed by atoms with Crippen molar-refractivity contribution in [2.24, 2.45) is 11.3 Å². The lowest BCUT2D eigenvalue weighted by Gasteiger charge is -2.31. The molecule has 21 heavy (non-hydrogen) atoms. The Morgan fingerprint density at radius 1 is 1.48 bits per heavy atom. The minimum absolute atomic E-state index is 0.00191. The molecule has 4 nitrogen and oxygen atoms in total. The summed E-state index contributed by atoms with van der Waals surface area (Å²) in [6, 6.07) is 3.25. The van der Waals surface area contributed by atoms with Crippen LogP contribution in [0, 0.1) is 17.2 Å². The van der Waals surface area contributed by atoms with Crippen LogP contribution in [0.1, 0.15) is 38.4 Å². The summed E-state index contributed by atoms with van der Waals surface area (Å²) in [7, 11) is 0. The molecule has 0 bridgehead atoms. The maximum atomic E-state index is 13.0. The van der Waals surface area contributed by atoms with Gasteiger partial charge in [-0.15, -0.1) is 0 Å². The smallest absolute Gasteiger partial charge is 0.141 e. The van der Waals surface area contributed by atoms with Gasteiger partial charge in [-0.25, -0.2) is 4.39 Å². The highest BCUT2D eigenvalue weighted by Gasteiger charge is 2.35. The maximum absolute atomic E-state index is 13.0. The lowest BCUT2D eigenvalue weighted by atomic mass is 9.83. The Morgan fingerprint density at radius 2 is 2.29 bits per heavy atom. The fraction of sp³-hybridized carbons (Fsp3) is 0.688. The number of halogens is 1. The van der Waals surface area contributed by atoms with E-state index in [1.807, 2.05) is 0 Å². The lowest BCUT2D eigenvalue weighted by molar-refractivity contribution is 0.120. The van der Waals surface area contributed by atoms with Crippen molar-refractivity contribution in [2.45, 2.75) is 32.7 Å². The van der Waals surface area contributed by atoms with Crippen molar-refractivity contribution in [1.82, 2.24) is 10.3 Å². The summed E-state index contributed by atoms with van der Waals surface area (Å²) in [5.41, 5.74) is 0.853. The highest BCUT2D eigenvalue weighted by Crippen LogP contribution is 2.33. The molecule has 1 aromatic heterocycles. The van der Waals surface area contributed by atoms with E-state index < -0.39 is 0 Å². The van der Waals surface area contributed by atoms with Crippen molar-refractivity contribution in [1.29, 1.82) is 0 Å². The van der Waals surface area contributed by atoms with Gasteiger partial charge < -0.3 is 15.2 Å². The quantitative estimate of drug-likeness (QED) is 0.810. The number of hydrogen-bond donors (Lipinski definition) is 2. The third-order valence-electron chi connectivity index (χ3n) is 4.26. The van der Waals surface area contributed by atoms with Gasteiger partial charge in [-0.05, 0) is 30.9 Å². The highest BCUT2D eigenvalue weighted by atomic mass is 19.1. The molecule has 2 unspecified atom stereocenters. The molecule has 0 radical (unpaired) electrons. The van der Waals surface area contributed by atoms with Gasteiger partial charge in [-0.1, -0.05) is 13.8 Å². The summed E-state index contributed by atoms with van der Waals surface area (Å²) >= 11 is 0. The van der Waals surface area contributed by atoms with Crippen LogP contribution in [-0.2, 0) is 4.74 Å². The summed E-state index contributed by atoms with van der Waals surface area (Å²) in [6.45, 7) is 6.62. The molecule has 2 rings (SSSR count). The number of rotatable bonds is 7. The van der Waals surface area contributed by atoms with E-state index in [-0.39, 0.29) is 23.9 Å². The molecule has 2 N–H and O–H groups in total. The average molecular weight is 296 g/mol. The molecule has 1 aliphatic heterocycles. The van der Waals surface area contributed by atoms with Crippen molar-refractivity contribution in [3.05, 3.63) is 29.8 Å². The predicted molar refractivity (Wildman–Crippen MR) is 79.3 cm³/mol. The third kappa shape index (κ3) is 4.22. The molecular weight excluding hydrogens is 271 g/mol.